The Bertz CT molecular complexity index is 419. The first-order valence-electron chi connectivity index (χ1n) is 5.87. The molecule has 0 aliphatic heterocycles. The SMILES string of the molecule is CC(C=Cc1cccs1)=NNC(=S)NCC(C)C. The molecule has 0 amide bonds. The normalized spacial score (nSPS) is 12.1. The van der Waals surface area contributed by atoms with Gasteiger partial charge in [0, 0.05) is 11.4 Å². The Labute approximate surface area is 118 Å². The van der Waals surface area contributed by atoms with Gasteiger partial charge < -0.3 is 5.32 Å². The van der Waals surface area contributed by atoms with Gasteiger partial charge in [0.1, 0.15) is 0 Å². The lowest BCUT2D eigenvalue weighted by Crippen LogP contribution is -2.34. The topological polar surface area (TPSA) is 36.4 Å². The van der Waals surface area contributed by atoms with Crippen LogP contribution >= 0.6 is 23.6 Å². The highest BCUT2D eigenvalue weighted by molar-refractivity contribution is 7.80. The van der Waals surface area contributed by atoms with Gasteiger partial charge in [-0.1, -0.05) is 19.9 Å². The van der Waals surface area contributed by atoms with Gasteiger partial charge in [-0.3, -0.25) is 5.43 Å². The van der Waals surface area contributed by atoms with Crippen molar-refractivity contribution >= 4 is 40.5 Å². The molecule has 18 heavy (non-hydrogen) atoms. The van der Waals surface area contributed by atoms with Gasteiger partial charge >= 0.3 is 0 Å². The van der Waals surface area contributed by atoms with Crippen LogP contribution in [0.2, 0.25) is 0 Å². The second-order valence-corrected chi connectivity index (χ2v) is 5.71. The summed E-state index contributed by atoms with van der Waals surface area (Å²) < 4.78 is 0. The second kappa shape index (κ2) is 8.00. The third-order valence-electron chi connectivity index (χ3n) is 2.04. The lowest BCUT2D eigenvalue weighted by Gasteiger charge is -2.09. The summed E-state index contributed by atoms with van der Waals surface area (Å²) in [5.41, 5.74) is 3.71. The molecule has 5 heteroatoms. The molecule has 0 fully saturated rings. The molecule has 0 radical (unpaired) electrons. The van der Waals surface area contributed by atoms with Crippen molar-refractivity contribution in [1.82, 2.24) is 10.7 Å². The number of nitrogens with zero attached hydrogens (tertiary/aromatic N) is 1. The summed E-state index contributed by atoms with van der Waals surface area (Å²) in [6, 6.07) is 4.09. The molecule has 98 valence electrons. The fourth-order valence-corrected chi connectivity index (χ4v) is 1.85. The molecule has 1 rings (SSSR count). The molecule has 0 bridgehead atoms. The summed E-state index contributed by atoms with van der Waals surface area (Å²) in [7, 11) is 0. The highest BCUT2D eigenvalue weighted by Crippen LogP contribution is 2.09. The Morgan fingerprint density at radius 1 is 1.56 bits per heavy atom. The number of allylic oxidation sites excluding steroid dienone is 1. The zero-order chi connectivity index (χ0) is 13.4. The molecule has 1 heterocycles. The van der Waals surface area contributed by atoms with Crippen LogP contribution in [0, 0.1) is 5.92 Å². The summed E-state index contributed by atoms with van der Waals surface area (Å²) in [6.45, 7) is 7.05. The molecular formula is C13H19N3S2. The van der Waals surface area contributed by atoms with E-state index in [1.807, 2.05) is 25.1 Å². The summed E-state index contributed by atoms with van der Waals surface area (Å²) >= 11 is 6.80. The summed E-state index contributed by atoms with van der Waals surface area (Å²) in [6.07, 6.45) is 4.00. The number of hydrogen-bond acceptors (Lipinski definition) is 3. The molecule has 0 atom stereocenters. The van der Waals surface area contributed by atoms with Crippen molar-refractivity contribution in [3.05, 3.63) is 28.5 Å². The van der Waals surface area contributed by atoms with Crippen LogP contribution in [0.3, 0.4) is 0 Å². The Morgan fingerprint density at radius 3 is 2.94 bits per heavy atom. The molecule has 0 aliphatic carbocycles. The van der Waals surface area contributed by atoms with Gasteiger partial charge in [-0.05, 0) is 48.7 Å². The van der Waals surface area contributed by atoms with Crippen LogP contribution in [0.1, 0.15) is 25.6 Å². The van der Waals surface area contributed by atoms with E-state index in [0.717, 1.165) is 12.3 Å². The number of hydrogen-bond donors (Lipinski definition) is 2. The van der Waals surface area contributed by atoms with Gasteiger partial charge in [0.25, 0.3) is 0 Å². The highest BCUT2D eigenvalue weighted by atomic mass is 32.1. The fourth-order valence-electron chi connectivity index (χ4n) is 1.10. The number of nitrogens with one attached hydrogen (secondary N) is 2. The first-order chi connectivity index (χ1) is 8.58. The maximum atomic E-state index is 5.10. The minimum absolute atomic E-state index is 0.563. The predicted molar refractivity (Wildman–Crippen MR) is 85.0 cm³/mol. The molecule has 0 aromatic carbocycles. The van der Waals surface area contributed by atoms with Crippen molar-refractivity contribution in [2.75, 3.05) is 6.54 Å². The highest BCUT2D eigenvalue weighted by Gasteiger charge is 1.95. The standard InChI is InChI=1S/C13H19N3S2/c1-10(2)9-14-13(17)16-15-11(3)6-7-12-5-4-8-18-12/h4-8,10H,9H2,1-3H3,(H2,14,16,17). The van der Waals surface area contributed by atoms with Gasteiger partial charge in [0.15, 0.2) is 5.11 Å². The summed E-state index contributed by atoms with van der Waals surface area (Å²) in [5, 5.41) is 9.89. The predicted octanol–water partition coefficient (Wildman–Crippen LogP) is 3.26. The zero-order valence-corrected chi connectivity index (χ0v) is 12.6. The van der Waals surface area contributed by atoms with Crippen molar-refractivity contribution in [2.24, 2.45) is 11.0 Å². The van der Waals surface area contributed by atoms with Crippen molar-refractivity contribution in [3.63, 3.8) is 0 Å². The molecule has 0 spiro atoms. The number of rotatable bonds is 5. The largest absolute Gasteiger partial charge is 0.361 e. The molecule has 1 aromatic heterocycles. The van der Waals surface area contributed by atoms with Gasteiger partial charge in [-0.2, -0.15) is 5.10 Å². The molecular weight excluding hydrogens is 262 g/mol. The van der Waals surface area contributed by atoms with E-state index in [1.165, 1.54) is 4.88 Å². The molecule has 2 N–H and O–H groups in total. The van der Waals surface area contributed by atoms with E-state index in [9.17, 15) is 0 Å². The Balaban J connectivity index is 2.35. The average molecular weight is 281 g/mol. The minimum Gasteiger partial charge on any atom is -0.361 e. The summed E-state index contributed by atoms with van der Waals surface area (Å²) in [5.74, 6) is 0.563. The van der Waals surface area contributed by atoms with E-state index in [-0.39, 0.29) is 0 Å². The quantitative estimate of drug-likeness (QED) is 0.494. The number of hydrazone groups is 1. The van der Waals surface area contributed by atoms with Crippen molar-refractivity contribution in [2.45, 2.75) is 20.8 Å². The Hall–Kier alpha value is -1.20. The second-order valence-electron chi connectivity index (χ2n) is 4.32. The van der Waals surface area contributed by atoms with Crippen LogP contribution in [0.25, 0.3) is 6.08 Å². The van der Waals surface area contributed by atoms with E-state index >= 15 is 0 Å². The van der Waals surface area contributed by atoms with Gasteiger partial charge in [0.05, 0.1) is 5.71 Å². The van der Waals surface area contributed by atoms with Crippen LogP contribution in [-0.4, -0.2) is 17.4 Å². The van der Waals surface area contributed by atoms with Gasteiger partial charge in [-0.15, -0.1) is 11.3 Å². The van der Waals surface area contributed by atoms with Crippen LogP contribution in [-0.2, 0) is 0 Å². The average Bonchev–Trinajstić information content (AvgIpc) is 2.84. The molecule has 1 aromatic rings. The van der Waals surface area contributed by atoms with E-state index in [4.69, 9.17) is 12.2 Å². The molecule has 0 saturated carbocycles. The fraction of sp³-hybridized carbons (Fsp3) is 0.385. The van der Waals surface area contributed by atoms with E-state index < -0.39 is 0 Å². The van der Waals surface area contributed by atoms with Crippen molar-refractivity contribution in [3.8, 4) is 0 Å². The first-order valence-corrected chi connectivity index (χ1v) is 7.16. The van der Waals surface area contributed by atoms with Gasteiger partial charge in [-0.25, -0.2) is 0 Å². The zero-order valence-electron chi connectivity index (χ0n) is 10.9. The van der Waals surface area contributed by atoms with Crippen LogP contribution in [0.4, 0.5) is 0 Å². The monoisotopic (exact) mass is 281 g/mol. The molecule has 0 aliphatic rings. The molecule has 0 unspecified atom stereocenters. The van der Waals surface area contributed by atoms with Gasteiger partial charge in [0.2, 0.25) is 0 Å². The lowest BCUT2D eigenvalue weighted by atomic mass is 10.2. The maximum absolute atomic E-state index is 5.10. The Kier molecular flexibility index (Phi) is 6.60. The molecule has 3 nitrogen and oxygen atoms in total. The van der Waals surface area contributed by atoms with Crippen LogP contribution in [0.15, 0.2) is 28.7 Å². The minimum atomic E-state index is 0.563. The van der Waals surface area contributed by atoms with Crippen LogP contribution < -0.4 is 10.7 Å². The first kappa shape index (κ1) is 14.9. The summed E-state index contributed by atoms with van der Waals surface area (Å²) in [4.78, 5) is 1.21. The molecule has 0 saturated heterocycles. The van der Waals surface area contributed by atoms with E-state index in [0.29, 0.717) is 11.0 Å². The van der Waals surface area contributed by atoms with E-state index in [2.05, 4.69) is 41.1 Å². The van der Waals surface area contributed by atoms with E-state index in [1.54, 1.807) is 11.3 Å². The lowest BCUT2D eigenvalue weighted by molar-refractivity contribution is 0.621. The third-order valence-corrected chi connectivity index (χ3v) is 3.11. The Morgan fingerprint density at radius 2 is 2.33 bits per heavy atom. The smallest absolute Gasteiger partial charge is 0.186 e. The van der Waals surface area contributed by atoms with Crippen LogP contribution in [0.5, 0.6) is 0 Å². The van der Waals surface area contributed by atoms with Crippen molar-refractivity contribution < 1.29 is 0 Å². The maximum Gasteiger partial charge on any atom is 0.186 e. The number of thiophene rings is 1. The third kappa shape index (κ3) is 6.51. The number of thiocarbonyl (C=S) groups is 1. The van der Waals surface area contributed by atoms with Crippen molar-refractivity contribution in [1.29, 1.82) is 0 Å².